The highest BCUT2D eigenvalue weighted by molar-refractivity contribution is 5.95. The Morgan fingerprint density at radius 2 is 2.32 bits per heavy atom. The van der Waals surface area contributed by atoms with Crippen LogP contribution in [-0.4, -0.2) is 32.4 Å². The molecule has 1 unspecified atom stereocenters. The molecule has 0 aromatic carbocycles. The van der Waals surface area contributed by atoms with Gasteiger partial charge in [0.25, 0.3) is 5.91 Å². The van der Waals surface area contributed by atoms with Crippen LogP contribution in [0.15, 0.2) is 30.6 Å². The van der Waals surface area contributed by atoms with Crippen LogP contribution >= 0.6 is 0 Å². The summed E-state index contributed by atoms with van der Waals surface area (Å²) in [5, 5.41) is 11.2. The number of carboxylic acids is 1. The summed E-state index contributed by atoms with van der Waals surface area (Å²) in [6.45, 7) is 0. The van der Waals surface area contributed by atoms with Gasteiger partial charge >= 0.3 is 5.97 Å². The van der Waals surface area contributed by atoms with Gasteiger partial charge in [-0.1, -0.05) is 6.07 Å². The van der Waals surface area contributed by atoms with Crippen molar-refractivity contribution in [1.82, 2.24) is 14.7 Å². The molecule has 1 amide bonds. The largest absolute Gasteiger partial charge is 0.480 e. The molecule has 19 heavy (non-hydrogen) atoms. The third-order valence-corrected chi connectivity index (χ3v) is 2.52. The fourth-order valence-electron chi connectivity index (χ4n) is 1.59. The van der Waals surface area contributed by atoms with Crippen LogP contribution in [0.5, 0.6) is 0 Å². The molecule has 2 rings (SSSR count). The molecule has 6 nitrogen and oxygen atoms in total. The molecule has 6 heteroatoms. The second-order valence-corrected chi connectivity index (χ2v) is 3.86. The Kier molecular flexibility index (Phi) is 3.48. The van der Waals surface area contributed by atoms with Gasteiger partial charge in [-0.25, -0.2) is 9.78 Å². The number of nitrogens with one attached hydrogen (secondary N) is 1. The minimum atomic E-state index is -1.17. The smallest absolute Gasteiger partial charge is 0.327 e. The maximum absolute atomic E-state index is 11.9. The summed E-state index contributed by atoms with van der Waals surface area (Å²) in [5.41, 5.74) is 0.756. The third-order valence-electron chi connectivity index (χ3n) is 2.52. The SMILES string of the molecule is C#CCC(NC(=O)c1cn2ccccc2n1)C(=O)O. The summed E-state index contributed by atoms with van der Waals surface area (Å²) in [6.07, 6.45) is 8.26. The highest BCUT2D eigenvalue weighted by atomic mass is 16.4. The molecule has 0 bridgehead atoms. The van der Waals surface area contributed by atoms with Crippen LogP contribution < -0.4 is 5.32 Å². The van der Waals surface area contributed by atoms with E-state index in [1.165, 1.54) is 6.20 Å². The number of aliphatic carboxylic acids is 1. The molecule has 0 fully saturated rings. The highest BCUT2D eigenvalue weighted by Gasteiger charge is 2.21. The second kappa shape index (κ2) is 5.23. The van der Waals surface area contributed by atoms with Crippen LogP contribution in [0.25, 0.3) is 5.65 Å². The number of imidazole rings is 1. The molecule has 2 N–H and O–H groups in total. The molecule has 0 spiro atoms. The van der Waals surface area contributed by atoms with Gasteiger partial charge in [-0.15, -0.1) is 12.3 Å². The van der Waals surface area contributed by atoms with Gasteiger partial charge in [0, 0.05) is 18.8 Å². The van der Waals surface area contributed by atoms with Crippen molar-refractivity contribution in [3.63, 3.8) is 0 Å². The Hall–Kier alpha value is -2.81. The van der Waals surface area contributed by atoms with Crippen LogP contribution in [0.4, 0.5) is 0 Å². The molecule has 0 aliphatic carbocycles. The normalized spacial score (nSPS) is 11.7. The number of carboxylic acid groups (broad SMARTS) is 1. The first-order valence-corrected chi connectivity index (χ1v) is 5.52. The number of nitrogens with zero attached hydrogens (tertiary/aromatic N) is 2. The number of amides is 1. The Bertz CT molecular complexity index is 636. The van der Waals surface area contributed by atoms with Crippen molar-refractivity contribution in [1.29, 1.82) is 0 Å². The van der Waals surface area contributed by atoms with Crippen molar-refractivity contribution in [2.24, 2.45) is 0 Å². The average Bonchev–Trinajstić information content (AvgIpc) is 2.81. The van der Waals surface area contributed by atoms with Crippen molar-refractivity contribution < 1.29 is 14.7 Å². The van der Waals surface area contributed by atoms with Gasteiger partial charge in [0.05, 0.1) is 0 Å². The predicted octanol–water partition coefficient (Wildman–Crippen LogP) is 0.541. The standard InChI is InChI=1S/C13H11N3O3/c1-2-5-9(13(18)19)15-12(17)10-8-16-7-4-3-6-11(16)14-10/h1,3-4,6-9H,5H2,(H,15,17)(H,18,19). The number of carbonyl (C=O) groups is 2. The van der Waals surface area contributed by atoms with Gasteiger partial charge in [0.15, 0.2) is 0 Å². The lowest BCUT2D eigenvalue weighted by Gasteiger charge is -2.09. The number of hydrogen-bond acceptors (Lipinski definition) is 3. The Labute approximate surface area is 109 Å². The number of rotatable bonds is 4. The Morgan fingerprint density at radius 1 is 1.53 bits per heavy atom. The zero-order valence-electron chi connectivity index (χ0n) is 9.91. The maximum atomic E-state index is 11.9. The topological polar surface area (TPSA) is 83.7 Å². The van der Waals surface area contributed by atoms with E-state index in [0.717, 1.165) is 0 Å². The molecular formula is C13H11N3O3. The lowest BCUT2D eigenvalue weighted by molar-refractivity contribution is -0.139. The average molecular weight is 257 g/mol. The van der Waals surface area contributed by atoms with Crippen LogP contribution in [0.3, 0.4) is 0 Å². The van der Waals surface area contributed by atoms with Crippen molar-refractivity contribution in [2.45, 2.75) is 12.5 Å². The number of aromatic nitrogens is 2. The first-order chi connectivity index (χ1) is 9.11. The molecule has 1 atom stereocenters. The van der Waals surface area contributed by atoms with Crippen LogP contribution in [0, 0.1) is 12.3 Å². The molecule has 2 aromatic heterocycles. The van der Waals surface area contributed by atoms with Gasteiger partial charge in [-0.05, 0) is 12.1 Å². The minimum absolute atomic E-state index is 0.0750. The monoisotopic (exact) mass is 257 g/mol. The summed E-state index contributed by atoms with van der Waals surface area (Å²) in [4.78, 5) is 26.9. The zero-order chi connectivity index (χ0) is 13.8. The van der Waals surface area contributed by atoms with Crippen LogP contribution in [0.1, 0.15) is 16.9 Å². The van der Waals surface area contributed by atoms with E-state index in [4.69, 9.17) is 11.5 Å². The zero-order valence-corrected chi connectivity index (χ0v) is 9.91. The molecule has 96 valence electrons. The summed E-state index contributed by atoms with van der Waals surface area (Å²) in [7, 11) is 0. The van der Waals surface area contributed by atoms with E-state index in [-0.39, 0.29) is 12.1 Å². The number of pyridine rings is 1. The predicted molar refractivity (Wildman–Crippen MR) is 67.5 cm³/mol. The molecule has 0 aliphatic heterocycles. The lowest BCUT2D eigenvalue weighted by Crippen LogP contribution is -2.40. The first kappa shape index (κ1) is 12.6. The number of hydrogen-bond donors (Lipinski definition) is 2. The van der Waals surface area contributed by atoms with Gasteiger partial charge in [0.2, 0.25) is 0 Å². The van der Waals surface area contributed by atoms with Crippen LogP contribution in [0.2, 0.25) is 0 Å². The van der Waals surface area contributed by atoms with E-state index in [2.05, 4.69) is 16.2 Å². The maximum Gasteiger partial charge on any atom is 0.327 e. The molecular weight excluding hydrogens is 246 g/mol. The van der Waals surface area contributed by atoms with Gasteiger partial charge in [-0.3, -0.25) is 4.79 Å². The van der Waals surface area contributed by atoms with Gasteiger partial charge in [0.1, 0.15) is 17.4 Å². The van der Waals surface area contributed by atoms with Gasteiger partial charge < -0.3 is 14.8 Å². The van der Waals surface area contributed by atoms with E-state index in [9.17, 15) is 9.59 Å². The molecule has 0 saturated heterocycles. The molecule has 2 heterocycles. The van der Waals surface area contributed by atoms with Crippen molar-refractivity contribution >= 4 is 17.5 Å². The van der Waals surface area contributed by atoms with E-state index in [0.29, 0.717) is 5.65 Å². The minimum Gasteiger partial charge on any atom is -0.480 e. The van der Waals surface area contributed by atoms with Crippen molar-refractivity contribution in [2.75, 3.05) is 0 Å². The third kappa shape index (κ3) is 2.72. The van der Waals surface area contributed by atoms with Gasteiger partial charge in [-0.2, -0.15) is 0 Å². The Morgan fingerprint density at radius 3 is 2.95 bits per heavy atom. The first-order valence-electron chi connectivity index (χ1n) is 5.52. The fourth-order valence-corrected chi connectivity index (χ4v) is 1.59. The fraction of sp³-hybridized carbons (Fsp3) is 0.154. The summed E-state index contributed by atoms with van der Waals surface area (Å²) in [5.74, 6) is 0.477. The number of fused-ring (bicyclic) bond motifs is 1. The van der Waals surface area contributed by atoms with Crippen LogP contribution in [-0.2, 0) is 4.79 Å². The second-order valence-electron chi connectivity index (χ2n) is 3.86. The van der Waals surface area contributed by atoms with Crippen molar-refractivity contribution in [3.05, 3.63) is 36.3 Å². The quantitative estimate of drug-likeness (QED) is 0.783. The molecule has 0 aliphatic rings. The summed E-state index contributed by atoms with van der Waals surface area (Å²) >= 11 is 0. The van der Waals surface area contributed by atoms with E-state index in [1.54, 1.807) is 28.8 Å². The van der Waals surface area contributed by atoms with E-state index >= 15 is 0 Å². The number of carbonyl (C=O) groups excluding carboxylic acids is 1. The highest BCUT2D eigenvalue weighted by Crippen LogP contribution is 2.05. The summed E-state index contributed by atoms with van der Waals surface area (Å²) < 4.78 is 1.67. The lowest BCUT2D eigenvalue weighted by atomic mass is 10.2. The molecule has 2 aromatic rings. The van der Waals surface area contributed by atoms with E-state index in [1.807, 2.05) is 0 Å². The Balaban J connectivity index is 2.19. The van der Waals surface area contributed by atoms with Crippen molar-refractivity contribution in [3.8, 4) is 12.3 Å². The summed E-state index contributed by atoms with van der Waals surface area (Å²) in [6, 6.07) is 4.23. The molecule has 0 radical (unpaired) electrons. The number of terminal acetylenes is 1. The van der Waals surface area contributed by atoms with E-state index < -0.39 is 17.9 Å². The molecule has 0 saturated carbocycles.